The predicted molar refractivity (Wildman–Crippen MR) is 56.6 cm³/mol. The predicted octanol–water partition coefficient (Wildman–Crippen LogP) is 1.31. The van der Waals surface area contributed by atoms with Crippen LogP contribution in [0.15, 0.2) is 6.07 Å². The van der Waals surface area contributed by atoms with Crippen molar-refractivity contribution in [2.45, 2.75) is 19.4 Å². The Labute approximate surface area is 101 Å². The molecule has 100 valence electrons. The molecule has 0 radical (unpaired) electrons. The minimum absolute atomic E-state index is 0.0374. The van der Waals surface area contributed by atoms with Gasteiger partial charge in [0, 0.05) is 6.54 Å². The molecule has 1 amide bonds. The molecule has 7 heteroatoms. The first-order valence-corrected chi connectivity index (χ1v) is 5.17. The smallest absolute Gasteiger partial charge is 0.254 e. The van der Waals surface area contributed by atoms with E-state index in [2.05, 4.69) is 5.32 Å². The maximum atomic E-state index is 13.3. The van der Waals surface area contributed by atoms with Gasteiger partial charge in [-0.25, -0.2) is 8.78 Å². The lowest BCUT2D eigenvalue weighted by Gasteiger charge is -2.09. The van der Waals surface area contributed by atoms with Crippen LogP contribution in [0.5, 0.6) is 5.75 Å². The van der Waals surface area contributed by atoms with Crippen LogP contribution >= 0.6 is 0 Å². The number of rotatable bonds is 4. The van der Waals surface area contributed by atoms with Crippen LogP contribution in [-0.2, 0) is 0 Å². The lowest BCUT2D eigenvalue weighted by atomic mass is 10.1. The minimum atomic E-state index is -1.74. The van der Waals surface area contributed by atoms with E-state index in [4.69, 9.17) is 10.2 Å². The second-order valence-electron chi connectivity index (χ2n) is 3.78. The monoisotopic (exact) mass is 263 g/mol. The second-order valence-corrected chi connectivity index (χ2v) is 3.78. The Balaban J connectivity index is 2.87. The molecule has 0 spiro atoms. The summed E-state index contributed by atoms with van der Waals surface area (Å²) in [5.74, 6) is -7.32. The van der Waals surface area contributed by atoms with Gasteiger partial charge in [-0.1, -0.05) is 0 Å². The number of carbonyl (C=O) groups is 1. The molecule has 0 heterocycles. The normalized spacial score (nSPS) is 12.3. The highest BCUT2D eigenvalue weighted by Crippen LogP contribution is 2.25. The van der Waals surface area contributed by atoms with E-state index in [1.54, 1.807) is 0 Å². The van der Waals surface area contributed by atoms with E-state index in [9.17, 15) is 18.0 Å². The number of carbonyl (C=O) groups excluding carboxylic acids is 1. The summed E-state index contributed by atoms with van der Waals surface area (Å²) in [6, 6.07) is 0.363. The Morgan fingerprint density at radius 1 is 1.39 bits per heavy atom. The van der Waals surface area contributed by atoms with Crippen LogP contribution in [0.2, 0.25) is 0 Å². The summed E-state index contributed by atoms with van der Waals surface area (Å²) < 4.78 is 39.0. The number of phenolic OH excluding ortho intramolecular Hbond substituents is 1. The number of phenols is 1. The lowest BCUT2D eigenvalue weighted by molar-refractivity contribution is 0.0939. The molecule has 0 saturated heterocycles. The Morgan fingerprint density at radius 2 is 2.00 bits per heavy atom. The molecule has 1 atom stereocenters. The summed E-state index contributed by atoms with van der Waals surface area (Å²) in [5, 5.41) is 20.1. The third-order valence-corrected chi connectivity index (χ3v) is 2.23. The molecule has 0 saturated carbocycles. The van der Waals surface area contributed by atoms with Gasteiger partial charge in [-0.15, -0.1) is 0 Å². The van der Waals surface area contributed by atoms with Gasteiger partial charge in [0.25, 0.3) is 5.91 Å². The summed E-state index contributed by atoms with van der Waals surface area (Å²) >= 11 is 0. The number of halogens is 3. The van der Waals surface area contributed by atoms with Gasteiger partial charge in [-0.2, -0.15) is 4.39 Å². The number of amides is 1. The lowest BCUT2D eigenvalue weighted by Crippen LogP contribution is -2.27. The Bertz CT molecular complexity index is 463. The zero-order chi connectivity index (χ0) is 13.9. The molecule has 0 aliphatic rings. The molecular formula is C11H12F3NO3. The SMILES string of the molecule is CC(O)CCNC(=O)c1cc(F)c(F)c(O)c1F. The second kappa shape index (κ2) is 5.72. The molecule has 3 N–H and O–H groups in total. The third kappa shape index (κ3) is 3.13. The Hall–Kier alpha value is -1.76. The van der Waals surface area contributed by atoms with Crippen LogP contribution in [0.25, 0.3) is 0 Å². The molecule has 1 aromatic carbocycles. The molecule has 4 nitrogen and oxygen atoms in total. The van der Waals surface area contributed by atoms with Crippen LogP contribution < -0.4 is 5.32 Å². The fourth-order valence-corrected chi connectivity index (χ4v) is 1.25. The van der Waals surface area contributed by atoms with E-state index in [0.29, 0.717) is 6.07 Å². The number of aliphatic hydroxyl groups is 1. The molecule has 18 heavy (non-hydrogen) atoms. The minimum Gasteiger partial charge on any atom is -0.503 e. The van der Waals surface area contributed by atoms with E-state index in [0.717, 1.165) is 0 Å². The fourth-order valence-electron chi connectivity index (χ4n) is 1.25. The van der Waals surface area contributed by atoms with E-state index in [1.165, 1.54) is 6.92 Å². The number of benzene rings is 1. The molecule has 0 bridgehead atoms. The van der Waals surface area contributed by atoms with E-state index >= 15 is 0 Å². The Kier molecular flexibility index (Phi) is 4.55. The molecule has 1 rings (SSSR count). The average molecular weight is 263 g/mol. The van der Waals surface area contributed by atoms with Gasteiger partial charge in [0.15, 0.2) is 17.4 Å². The largest absolute Gasteiger partial charge is 0.503 e. The van der Waals surface area contributed by atoms with Crippen molar-refractivity contribution in [1.29, 1.82) is 0 Å². The molecular weight excluding hydrogens is 251 g/mol. The number of hydrogen-bond donors (Lipinski definition) is 3. The summed E-state index contributed by atoms with van der Waals surface area (Å²) in [6.45, 7) is 1.53. The van der Waals surface area contributed by atoms with E-state index in [-0.39, 0.29) is 13.0 Å². The third-order valence-electron chi connectivity index (χ3n) is 2.23. The highest BCUT2D eigenvalue weighted by molar-refractivity contribution is 5.94. The first-order chi connectivity index (χ1) is 8.34. The molecule has 0 fully saturated rings. The molecule has 0 aliphatic heterocycles. The number of aliphatic hydroxyl groups excluding tert-OH is 1. The number of nitrogens with one attached hydrogen (secondary N) is 1. The molecule has 1 aromatic rings. The summed E-state index contributed by atoms with van der Waals surface area (Å²) in [7, 11) is 0. The van der Waals surface area contributed by atoms with Crippen LogP contribution in [0.4, 0.5) is 13.2 Å². The first-order valence-electron chi connectivity index (χ1n) is 5.17. The topological polar surface area (TPSA) is 69.6 Å². The van der Waals surface area contributed by atoms with Gasteiger partial charge in [0.2, 0.25) is 5.82 Å². The van der Waals surface area contributed by atoms with Crippen LogP contribution in [0, 0.1) is 17.5 Å². The van der Waals surface area contributed by atoms with Gasteiger partial charge in [0.05, 0.1) is 11.7 Å². The zero-order valence-electron chi connectivity index (χ0n) is 9.51. The van der Waals surface area contributed by atoms with Crippen molar-refractivity contribution >= 4 is 5.91 Å². The zero-order valence-corrected chi connectivity index (χ0v) is 9.51. The summed E-state index contributed by atoms with van der Waals surface area (Å²) in [6.07, 6.45) is -0.434. The maximum absolute atomic E-state index is 13.3. The van der Waals surface area contributed by atoms with Crippen molar-refractivity contribution in [3.8, 4) is 5.75 Å². The van der Waals surface area contributed by atoms with Crippen molar-refractivity contribution in [1.82, 2.24) is 5.32 Å². The molecule has 1 unspecified atom stereocenters. The molecule has 0 aliphatic carbocycles. The average Bonchev–Trinajstić information content (AvgIpc) is 2.30. The van der Waals surface area contributed by atoms with Gasteiger partial charge >= 0.3 is 0 Å². The number of hydrogen-bond acceptors (Lipinski definition) is 3. The maximum Gasteiger partial charge on any atom is 0.254 e. The van der Waals surface area contributed by atoms with Crippen LogP contribution in [0.1, 0.15) is 23.7 Å². The van der Waals surface area contributed by atoms with Crippen molar-refractivity contribution in [2.24, 2.45) is 0 Å². The summed E-state index contributed by atoms with van der Waals surface area (Å²) in [4.78, 5) is 11.4. The number of aromatic hydroxyl groups is 1. The van der Waals surface area contributed by atoms with Crippen LogP contribution in [0.3, 0.4) is 0 Å². The van der Waals surface area contributed by atoms with Crippen molar-refractivity contribution in [2.75, 3.05) is 6.54 Å². The van der Waals surface area contributed by atoms with E-state index in [1.807, 2.05) is 0 Å². The van der Waals surface area contributed by atoms with E-state index < -0.39 is 40.8 Å². The van der Waals surface area contributed by atoms with Crippen molar-refractivity contribution in [3.63, 3.8) is 0 Å². The first kappa shape index (κ1) is 14.3. The molecule has 0 aromatic heterocycles. The van der Waals surface area contributed by atoms with Crippen molar-refractivity contribution in [3.05, 3.63) is 29.1 Å². The van der Waals surface area contributed by atoms with Crippen molar-refractivity contribution < 1.29 is 28.2 Å². The highest BCUT2D eigenvalue weighted by Gasteiger charge is 2.22. The van der Waals surface area contributed by atoms with Gasteiger partial charge in [-0.3, -0.25) is 4.79 Å². The highest BCUT2D eigenvalue weighted by atomic mass is 19.2. The fraction of sp³-hybridized carbons (Fsp3) is 0.364. The van der Waals surface area contributed by atoms with Crippen LogP contribution in [-0.4, -0.2) is 28.8 Å². The van der Waals surface area contributed by atoms with Gasteiger partial charge < -0.3 is 15.5 Å². The Morgan fingerprint density at radius 3 is 2.56 bits per heavy atom. The van der Waals surface area contributed by atoms with Gasteiger partial charge in [0.1, 0.15) is 0 Å². The summed E-state index contributed by atoms with van der Waals surface area (Å²) in [5.41, 5.74) is -0.794. The van der Waals surface area contributed by atoms with Gasteiger partial charge in [-0.05, 0) is 19.4 Å². The standard InChI is InChI=1S/C11H12F3NO3/c1-5(16)2-3-15-11(18)6-4-7(12)9(14)10(17)8(6)13/h4-5,16-17H,2-3H2,1H3,(H,15,18). The quantitative estimate of drug-likeness (QED) is 0.717.